The third kappa shape index (κ3) is 3.05. The van der Waals surface area contributed by atoms with Crippen LogP contribution in [0.15, 0.2) is 36.4 Å². The van der Waals surface area contributed by atoms with Crippen LogP contribution in [0.4, 0.5) is 0 Å². The molecule has 2 aromatic carbocycles. The molecule has 0 fully saturated rings. The Kier molecular flexibility index (Phi) is 4.46. The first-order valence-corrected chi connectivity index (χ1v) is 10.8. The highest BCUT2D eigenvalue weighted by Gasteiger charge is 2.37. The van der Waals surface area contributed by atoms with E-state index >= 15 is 0 Å². The molecule has 0 saturated carbocycles. The topological polar surface area (TPSA) is 73.5 Å². The fraction of sp³-hybridized carbons (Fsp3) is 0.320. The van der Waals surface area contributed by atoms with Gasteiger partial charge in [0.1, 0.15) is 0 Å². The summed E-state index contributed by atoms with van der Waals surface area (Å²) in [7, 11) is 0. The number of aromatic nitrogens is 1. The number of carbonyl (C=O) groups is 3. The molecule has 0 unspecified atom stereocenters. The molecule has 0 atom stereocenters. The van der Waals surface area contributed by atoms with Gasteiger partial charge in [-0.3, -0.25) is 19.3 Å². The Balaban J connectivity index is 1.40. The van der Waals surface area contributed by atoms with Gasteiger partial charge < -0.3 is 9.88 Å². The Bertz CT molecular complexity index is 1250. The molecule has 0 spiro atoms. The Morgan fingerprint density at radius 2 is 1.71 bits per heavy atom. The fourth-order valence-corrected chi connectivity index (χ4v) is 4.77. The minimum Gasteiger partial charge on any atom is -0.358 e. The first-order chi connectivity index (χ1) is 14.8. The molecular formula is C25H25N3O3. The summed E-state index contributed by atoms with van der Waals surface area (Å²) >= 11 is 0. The zero-order valence-corrected chi connectivity index (χ0v) is 18.0. The van der Waals surface area contributed by atoms with Gasteiger partial charge in [-0.1, -0.05) is 11.6 Å². The van der Waals surface area contributed by atoms with Gasteiger partial charge in [0.05, 0.1) is 11.1 Å². The summed E-state index contributed by atoms with van der Waals surface area (Å²) in [5, 5.41) is 1.24. The molecule has 1 N–H and O–H groups in total. The summed E-state index contributed by atoms with van der Waals surface area (Å²) in [6.45, 7) is 6.94. The van der Waals surface area contributed by atoms with E-state index in [2.05, 4.69) is 30.1 Å². The quantitative estimate of drug-likeness (QED) is 0.649. The van der Waals surface area contributed by atoms with Crippen LogP contribution in [0.25, 0.3) is 10.9 Å². The number of H-pyrrole nitrogens is 1. The number of carbonyl (C=O) groups excluding carboxylic acids is 3. The van der Waals surface area contributed by atoms with E-state index in [1.165, 1.54) is 27.1 Å². The van der Waals surface area contributed by atoms with Crippen LogP contribution >= 0.6 is 0 Å². The number of imide groups is 1. The molecule has 6 heteroatoms. The van der Waals surface area contributed by atoms with Crippen molar-refractivity contribution in [2.24, 2.45) is 0 Å². The summed E-state index contributed by atoms with van der Waals surface area (Å²) in [5.41, 5.74) is 6.01. The van der Waals surface area contributed by atoms with Gasteiger partial charge in [-0.15, -0.1) is 0 Å². The van der Waals surface area contributed by atoms with Gasteiger partial charge in [0, 0.05) is 47.7 Å². The first-order valence-electron chi connectivity index (χ1n) is 10.8. The Hall–Kier alpha value is -3.41. The first kappa shape index (κ1) is 19.5. The third-order valence-electron chi connectivity index (χ3n) is 6.38. The van der Waals surface area contributed by atoms with Gasteiger partial charge in [-0.2, -0.15) is 0 Å². The van der Waals surface area contributed by atoms with Gasteiger partial charge in [-0.25, -0.2) is 0 Å². The van der Waals surface area contributed by atoms with Crippen molar-refractivity contribution in [2.45, 2.75) is 39.7 Å². The van der Waals surface area contributed by atoms with Crippen LogP contribution in [-0.4, -0.2) is 51.6 Å². The van der Waals surface area contributed by atoms with E-state index in [0.717, 1.165) is 18.4 Å². The fourth-order valence-electron chi connectivity index (χ4n) is 4.77. The van der Waals surface area contributed by atoms with Crippen LogP contribution in [0.1, 0.15) is 61.7 Å². The number of nitrogens with zero attached hydrogens (tertiary/aromatic N) is 2. The molecule has 3 aromatic rings. The number of fused-ring (bicyclic) bond motifs is 4. The number of benzene rings is 2. The highest BCUT2D eigenvalue weighted by atomic mass is 16.2. The molecule has 3 amide bonds. The van der Waals surface area contributed by atoms with Crippen molar-refractivity contribution >= 4 is 28.6 Å². The van der Waals surface area contributed by atoms with Crippen LogP contribution in [0.2, 0.25) is 0 Å². The highest BCUT2D eigenvalue weighted by molar-refractivity contribution is 6.22. The molecule has 3 heterocycles. The van der Waals surface area contributed by atoms with Crippen molar-refractivity contribution in [3.05, 3.63) is 69.9 Å². The van der Waals surface area contributed by atoms with E-state index in [1.807, 2.05) is 18.7 Å². The van der Waals surface area contributed by atoms with E-state index in [0.29, 0.717) is 29.8 Å². The third-order valence-corrected chi connectivity index (χ3v) is 6.38. The molecular weight excluding hydrogens is 390 g/mol. The second-order valence-corrected chi connectivity index (χ2v) is 8.76. The number of rotatable bonds is 2. The lowest BCUT2D eigenvalue weighted by Crippen LogP contribution is -2.36. The van der Waals surface area contributed by atoms with Gasteiger partial charge in [0.25, 0.3) is 17.7 Å². The van der Waals surface area contributed by atoms with E-state index < -0.39 is 0 Å². The molecule has 6 nitrogen and oxygen atoms in total. The zero-order valence-electron chi connectivity index (χ0n) is 18.0. The molecule has 0 bridgehead atoms. The largest absolute Gasteiger partial charge is 0.358 e. The van der Waals surface area contributed by atoms with Crippen molar-refractivity contribution in [1.82, 2.24) is 14.8 Å². The maximum absolute atomic E-state index is 13.3. The molecule has 158 valence electrons. The maximum Gasteiger partial charge on any atom is 0.261 e. The molecule has 5 rings (SSSR count). The van der Waals surface area contributed by atoms with E-state index in [-0.39, 0.29) is 23.8 Å². The number of nitrogens with one attached hydrogen (secondary N) is 1. The minimum absolute atomic E-state index is 0.100. The monoisotopic (exact) mass is 415 g/mol. The van der Waals surface area contributed by atoms with Crippen LogP contribution in [0.3, 0.4) is 0 Å². The van der Waals surface area contributed by atoms with Gasteiger partial charge in [0.2, 0.25) is 0 Å². The summed E-state index contributed by atoms with van der Waals surface area (Å²) in [6.07, 6.45) is 1.55. The van der Waals surface area contributed by atoms with E-state index in [9.17, 15) is 14.4 Å². The lowest BCUT2D eigenvalue weighted by molar-refractivity contribution is 0.0608. The van der Waals surface area contributed by atoms with E-state index in [4.69, 9.17) is 0 Å². The van der Waals surface area contributed by atoms with Crippen molar-refractivity contribution in [2.75, 3.05) is 13.1 Å². The molecule has 31 heavy (non-hydrogen) atoms. The lowest BCUT2D eigenvalue weighted by atomic mass is 10.0. The maximum atomic E-state index is 13.3. The molecule has 0 aliphatic carbocycles. The Morgan fingerprint density at radius 3 is 2.48 bits per heavy atom. The standard InChI is InChI=1S/C25H25N3O3/c1-14(2)28-24(30)18-6-5-16(13-20(18)25(28)31)23(29)27-10-8-17-19-12-15(3)4-7-21(19)26-22(17)9-11-27/h4-7,12-14,26H,8-11H2,1-3H3. The molecule has 0 radical (unpaired) electrons. The normalized spacial score (nSPS) is 16.1. The van der Waals surface area contributed by atoms with Crippen molar-refractivity contribution in [3.8, 4) is 0 Å². The molecule has 0 saturated heterocycles. The summed E-state index contributed by atoms with van der Waals surface area (Å²) in [4.78, 5) is 45.1. The highest BCUT2D eigenvalue weighted by Crippen LogP contribution is 2.29. The minimum atomic E-state index is -0.322. The summed E-state index contributed by atoms with van der Waals surface area (Å²) in [5.74, 6) is -0.710. The van der Waals surface area contributed by atoms with Gasteiger partial charge in [-0.05, 0) is 63.1 Å². The molecule has 2 aliphatic heterocycles. The van der Waals surface area contributed by atoms with Crippen LogP contribution in [0, 0.1) is 6.92 Å². The number of hydrogen-bond donors (Lipinski definition) is 1. The van der Waals surface area contributed by atoms with Crippen LogP contribution in [0.5, 0.6) is 0 Å². The average Bonchev–Trinajstić information content (AvgIpc) is 3.11. The SMILES string of the molecule is Cc1ccc2[nH]c3c(c2c1)CCN(C(=O)c1ccc2c(c1)C(=O)N(C(C)C)C2=O)CC3. The zero-order chi connectivity index (χ0) is 21.9. The van der Waals surface area contributed by atoms with Crippen LogP contribution in [-0.2, 0) is 12.8 Å². The number of amides is 3. The Morgan fingerprint density at radius 1 is 0.968 bits per heavy atom. The second kappa shape index (κ2) is 7.08. The smallest absolute Gasteiger partial charge is 0.261 e. The van der Waals surface area contributed by atoms with Crippen molar-refractivity contribution < 1.29 is 14.4 Å². The number of aryl methyl sites for hydroxylation is 1. The molecule has 1 aromatic heterocycles. The van der Waals surface area contributed by atoms with Gasteiger partial charge >= 0.3 is 0 Å². The second-order valence-electron chi connectivity index (χ2n) is 8.76. The van der Waals surface area contributed by atoms with Crippen molar-refractivity contribution in [3.63, 3.8) is 0 Å². The average molecular weight is 415 g/mol. The van der Waals surface area contributed by atoms with Crippen LogP contribution < -0.4 is 0 Å². The van der Waals surface area contributed by atoms with Crippen molar-refractivity contribution in [1.29, 1.82) is 0 Å². The number of hydrogen-bond acceptors (Lipinski definition) is 3. The molecule has 2 aliphatic rings. The van der Waals surface area contributed by atoms with Gasteiger partial charge in [0.15, 0.2) is 0 Å². The predicted molar refractivity (Wildman–Crippen MR) is 118 cm³/mol. The predicted octanol–water partition coefficient (Wildman–Crippen LogP) is 3.72. The summed E-state index contributed by atoms with van der Waals surface area (Å²) < 4.78 is 0. The summed E-state index contributed by atoms with van der Waals surface area (Å²) in [6, 6.07) is 11.1. The lowest BCUT2D eigenvalue weighted by Gasteiger charge is -2.20. The van der Waals surface area contributed by atoms with E-state index in [1.54, 1.807) is 18.2 Å². The number of aromatic amines is 1. The Labute approximate surface area is 180 Å².